The number of hydrogen-bond donors (Lipinski definition) is 1. The molecule has 0 aromatic carbocycles. The van der Waals surface area contributed by atoms with Gasteiger partial charge in [-0.3, -0.25) is 0 Å². The predicted octanol–water partition coefficient (Wildman–Crippen LogP) is 1.97. The van der Waals surface area contributed by atoms with Crippen LogP contribution < -0.4 is 5.32 Å². The molecule has 0 saturated heterocycles. The molecule has 0 bridgehead atoms. The number of alkyl carbamates (subject to hydrolysis) is 1. The third-order valence-electron chi connectivity index (χ3n) is 2.43. The molecule has 7 heteroatoms. The molecule has 21 heavy (non-hydrogen) atoms. The average Bonchev–Trinajstić information content (AvgIpc) is 2.74. The Morgan fingerprint density at radius 3 is 2.67 bits per heavy atom. The first-order valence-corrected chi connectivity index (χ1v) is 6.89. The number of imidazole rings is 1. The number of carbonyl (C=O) groups excluding carboxylic acids is 2. The molecule has 0 fully saturated rings. The molecule has 0 aliphatic rings. The van der Waals surface area contributed by atoms with Crippen molar-refractivity contribution in [1.82, 2.24) is 14.9 Å². The highest BCUT2D eigenvalue weighted by atomic mass is 16.6. The average molecular weight is 297 g/mol. The van der Waals surface area contributed by atoms with E-state index in [0.29, 0.717) is 18.8 Å². The minimum Gasteiger partial charge on any atom is -0.461 e. The van der Waals surface area contributed by atoms with Gasteiger partial charge in [0.15, 0.2) is 0 Å². The number of nitrogens with one attached hydrogen (secondary N) is 1. The second kappa shape index (κ2) is 7.10. The van der Waals surface area contributed by atoms with E-state index in [-0.39, 0.29) is 6.04 Å². The lowest BCUT2D eigenvalue weighted by atomic mass is 10.2. The summed E-state index contributed by atoms with van der Waals surface area (Å²) >= 11 is 0. The zero-order valence-electron chi connectivity index (χ0n) is 13.2. The highest BCUT2D eigenvalue weighted by Crippen LogP contribution is 2.08. The Bertz CT molecular complexity index is 491. The molecule has 1 N–H and O–H groups in total. The van der Waals surface area contributed by atoms with Crippen molar-refractivity contribution in [2.75, 3.05) is 6.61 Å². The summed E-state index contributed by atoms with van der Waals surface area (Å²) in [4.78, 5) is 27.3. The van der Waals surface area contributed by atoms with Crippen LogP contribution in [0.2, 0.25) is 0 Å². The van der Waals surface area contributed by atoms with E-state index in [2.05, 4.69) is 10.3 Å². The van der Waals surface area contributed by atoms with Crippen molar-refractivity contribution in [1.29, 1.82) is 0 Å². The van der Waals surface area contributed by atoms with Crippen LogP contribution in [0.3, 0.4) is 0 Å². The molecule has 0 spiro atoms. The SMILES string of the molecule is CCOC(=O)c1cncn1C[C@@H](C)NC(=O)OC(C)(C)C. The van der Waals surface area contributed by atoms with Crippen molar-refractivity contribution >= 4 is 12.1 Å². The number of amides is 1. The Morgan fingerprint density at radius 1 is 1.43 bits per heavy atom. The topological polar surface area (TPSA) is 82.5 Å². The molecule has 118 valence electrons. The summed E-state index contributed by atoms with van der Waals surface area (Å²) in [5.41, 5.74) is -0.191. The van der Waals surface area contributed by atoms with Gasteiger partial charge in [-0.05, 0) is 34.6 Å². The summed E-state index contributed by atoms with van der Waals surface area (Å²) in [6.07, 6.45) is 2.48. The maximum atomic E-state index is 11.7. The van der Waals surface area contributed by atoms with Gasteiger partial charge in [0.25, 0.3) is 0 Å². The van der Waals surface area contributed by atoms with Gasteiger partial charge in [-0.15, -0.1) is 0 Å². The lowest BCUT2D eigenvalue weighted by Gasteiger charge is -2.22. The first-order valence-electron chi connectivity index (χ1n) is 6.89. The van der Waals surface area contributed by atoms with Crippen LogP contribution in [0.25, 0.3) is 0 Å². The summed E-state index contributed by atoms with van der Waals surface area (Å²) < 4.78 is 11.8. The monoisotopic (exact) mass is 297 g/mol. The number of carbonyl (C=O) groups is 2. The van der Waals surface area contributed by atoms with E-state index < -0.39 is 17.7 Å². The van der Waals surface area contributed by atoms with E-state index in [1.807, 2.05) is 6.92 Å². The van der Waals surface area contributed by atoms with Gasteiger partial charge >= 0.3 is 12.1 Å². The van der Waals surface area contributed by atoms with Crippen molar-refractivity contribution < 1.29 is 19.1 Å². The quantitative estimate of drug-likeness (QED) is 0.840. The molecule has 7 nitrogen and oxygen atoms in total. The zero-order valence-corrected chi connectivity index (χ0v) is 13.2. The molecule has 1 amide bonds. The van der Waals surface area contributed by atoms with Crippen molar-refractivity contribution in [3.8, 4) is 0 Å². The van der Waals surface area contributed by atoms with Gasteiger partial charge in [0.2, 0.25) is 0 Å². The summed E-state index contributed by atoms with van der Waals surface area (Å²) in [5, 5.41) is 2.71. The van der Waals surface area contributed by atoms with Crippen LogP contribution in [0.15, 0.2) is 12.5 Å². The molecular weight excluding hydrogens is 274 g/mol. The summed E-state index contributed by atoms with van der Waals surface area (Å²) in [5.74, 6) is -0.431. The van der Waals surface area contributed by atoms with Gasteiger partial charge in [-0.2, -0.15) is 0 Å². The molecule has 0 aliphatic heterocycles. The van der Waals surface area contributed by atoms with Crippen molar-refractivity contribution in [3.05, 3.63) is 18.2 Å². The van der Waals surface area contributed by atoms with Crippen LogP contribution in [0.1, 0.15) is 45.1 Å². The molecule has 1 atom stereocenters. The zero-order chi connectivity index (χ0) is 16.0. The van der Waals surface area contributed by atoms with Gasteiger partial charge in [0.05, 0.1) is 19.1 Å². The second-order valence-corrected chi connectivity index (χ2v) is 5.70. The Kier molecular flexibility index (Phi) is 5.75. The molecule has 0 radical (unpaired) electrons. The number of aromatic nitrogens is 2. The highest BCUT2D eigenvalue weighted by molar-refractivity contribution is 5.87. The summed E-state index contributed by atoms with van der Waals surface area (Å²) in [7, 11) is 0. The lowest BCUT2D eigenvalue weighted by Crippen LogP contribution is -2.39. The van der Waals surface area contributed by atoms with E-state index in [9.17, 15) is 9.59 Å². The Labute approximate surface area is 124 Å². The maximum absolute atomic E-state index is 11.7. The predicted molar refractivity (Wildman–Crippen MR) is 77.0 cm³/mol. The van der Waals surface area contributed by atoms with Crippen molar-refractivity contribution in [2.24, 2.45) is 0 Å². The van der Waals surface area contributed by atoms with Gasteiger partial charge in [0, 0.05) is 12.6 Å². The molecule has 1 aromatic rings. The third-order valence-corrected chi connectivity index (χ3v) is 2.43. The highest BCUT2D eigenvalue weighted by Gasteiger charge is 2.19. The van der Waals surface area contributed by atoms with E-state index in [0.717, 1.165) is 0 Å². The third kappa shape index (κ3) is 5.85. The molecule has 1 aromatic heterocycles. The number of hydrogen-bond acceptors (Lipinski definition) is 5. The van der Waals surface area contributed by atoms with Crippen LogP contribution in [-0.2, 0) is 16.0 Å². The number of esters is 1. The fraction of sp³-hybridized carbons (Fsp3) is 0.643. The van der Waals surface area contributed by atoms with E-state index in [1.54, 1.807) is 32.3 Å². The summed E-state index contributed by atoms with van der Waals surface area (Å²) in [6.45, 7) is 9.65. The van der Waals surface area contributed by atoms with Crippen molar-refractivity contribution in [3.63, 3.8) is 0 Å². The Morgan fingerprint density at radius 2 is 2.10 bits per heavy atom. The maximum Gasteiger partial charge on any atom is 0.407 e. The van der Waals surface area contributed by atoms with Crippen molar-refractivity contribution in [2.45, 2.75) is 52.8 Å². The molecule has 1 rings (SSSR count). The molecule has 0 unspecified atom stereocenters. The number of rotatable bonds is 5. The largest absolute Gasteiger partial charge is 0.461 e. The van der Waals surface area contributed by atoms with E-state index >= 15 is 0 Å². The van der Waals surface area contributed by atoms with Crippen LogP contribution >= 0.6 is 0 Å². The molecule has 1 heterocycles. The first kappa shape index (κ1) is 17.0. The van der Waals surface area contributed by atoms with Crippen LogP contribution in [-0.4, -0.2) is 39.9 Å². The Hall–Kier alpha value is -2.05. The summed E-state index contributed by atoms with van der Waals surface area (Å²) in [6, 6.07) is -0.220. The second-order valence-electron chi connectivity index (χ2n) is 5.70. The van der Waals surface area contributed by atoms with E-state index in [4.69, 9.17) is 9.47 Å². The molecule has 0 saturated carbocycles. The minimum atomic E-state index is -0.547. The standard InChI is InChI=1S/C14H23N3O4/c1-6-20-12(18)11-7-15-9-17(11)8-10(2)16-13(19)21-14(3,4)5/h7,9-10H,6,8H2,1-5H3,(H,16,19)/t10-/m1/s1. The van der Waals surface area contributed by atoms with Gasteiger partial charge in [0.1, 0.15) is 11.3 Å². The van der Waals surface area contributed by atoms with Gasteiger partial charge in [-0.25, -0.2) is 14.6 Å². The van der Waals surface area contributed by atoms with Crippen LogP contribution in [0.5, 0.6) is 0 Å². The first-order chi connectivity index (χ1) is 9.73. The molecule has 0 aliphatic carbocycles. The normalized spacial score (nSPS) is 12.6. The van der Waals surface area contributed by atoms with Gasteiger partial charge in [-0.1, -0.05) is 0 Å². The number of ether oxygens (including phenoxy) is 2. The number of nitrogens with zero attached hydrogens (tertiary/aromatic N) is 2. The van der Waals surface area contributed by atoms with Gasteiger partial charge < -0.3 is 19.4 Å². The smallest absolute Gasteiger partial charge is 0.407 e. The fourth-order valence-corrected chi connectivity index (χ4v) is 1.69. The van der Waals surface area contributed by atoms with Crippen LogP contribution in [0.4, 0.5) is 4.79 Å². The van der Waals surface area contributed by atoms with E-state index in [1.165, 1.54) is 12.5 Å². The lowest BCUT2D eigenvalue weighted by molar-refractivity contribution is 0.0503. The van der Waals surface area contributed by atoms with Crippen LogP contribution in [0, 0.1) is 0 Å². The fourth-order valence-electron chi connectivity index (χ4n) is 1.69. The Balaban J connectivity index is 2.59. The minimum absolute atomic E-state index is 0.220. The molecular formula is C14H23N3O4.